The van der Waals surface area contributed by atoms with E-state index in [1.165, 1.54) is 5.57 Å². The zero-order chi connectivity index (χ0) is 14.4. The zero-order valence-corrected chi connectivity index (χ0v) is 10.9. The van der Waals surface area contributed by atoms with E-state index in [2.05, 4.69) is 0 Å². The molecular formula is C16H12N4. The number of rotatable bonds is 0. The number of hydrogen-bond donors (Lipinski definition) is 0. The van der Waals surface area contributed by atoms with Gasteiger partial charge in [0, 0.05) is 11.8 Å². The Balaban J connectivity index is 2.31. The molecule has 96 valence electrons. The summed E-state index contributed by atoms with van der Waals surface area (Å²) >= 11 is 0. The minimum atomic E-state index is -1.57. The number of fused-ring (bicyclic) bond motifs is 2. The second kappa shape index (κ2) is 3.96. The summed E-state index contributed by atoms with van der Waals surface area (Å²) in [7, 11) is 0. The predicted octanol–water partition coefficient (Wildman–Crippen LogP) is 2.74. The Morgan fingerprint density at radius 1 is 0.800 bits per heavy atom. The molecule has 2 saturated carbocycles. The molecule has 0 aliphatic heterocycles. The summed E-state index contributed by atoms with van der Waals surface area (Å²) in [6.07, 6.45) is 7.84. The van der Waals surface area contributed by atoms with Gasteiger partial charge in [-0.05, 0) is 25.7 Å². The molecule has 4 nitrogen and oxygen atoms in total. The van der Waals surface area contributed by atoms with Crippen molar-refractivity contribution >= 4 is 0 Å². The third kappa shape index (κ3) is 1.09. The molecule has 2 bridgehead atoms. The van der Waals surface area contributed by atoms with E-state index >= 15 is 0 Å². The molecule has 3 aliphatic carbocycles. The normalized spacial score (nSPS) is 31.4. The molecule has 3 aliphatic rings. The Hall–Kier alpha value is -2.56. The average molecular weight is 260 g/mol. The van der Waals surface area contributed by atoms with E-state index in [0.717, 1.165) is 31.3 Å². The molecule has 0 aromatic carbocycles. The number of nitrogens with zero attached hydrogens (tertiary/aromatic N) is 4. The summed E-state index contributed by atoms with van der Waals surface area (Å²) < 4.78 is 0. The van der Waals surface area contributed by atoms with Crippen molar-refractivity contribution in [3.63, 3.8) is 0 Å². The molecule has 0 radical (unpaired) electrons. The SMILES string of the molecule is N#CC1(C#N)C2C=CC(C2=C2CCCC2)C1(C#N)C#N. The van der Waals surface area contributed by atoms with Gasteiger partial charge in [0.1, 0.15) is 0 Å². The van der Waals surface area contributed by atoms with Gasteiger partial charge in [-0.25, -0.2) is 0 Å². The van der Waals surface area contributed by atoms with Crippen LogP contribution in [0.4, 0.5) is 0 Å². The van der Waals surface area contributed by atoms with E-state index in [1.807, 2.05) is 36.4 Å². The van der Waals surface area contributed by atoms with E-state index in [4.69, 9.17) is 0 Å². The maximum Gasteiger partial charge on any atom is 0.186 e. The van der Waals surface area contributed by atoms with Crippen molar-refractivity contribution < 1.29 is 0 Å². The van der Waals surface area contributed by atoms with Crippen molar-refractivity contribution in [2.75, 3.05) is 0 Å². The largest absolute Gasteiger partial charge is 0.196 e. The molecule has 3 rings (SSSR count). The molecule has 0 N–H and O–H groups in total. The van der Waals surface area contributed by atoms with Gasteiger partial charge < -0.3 is 0 Å². The Bertz CT molecular complexity index is 613. The minimum Gasteiger partial charge on any atom is -0.196 e. The quantitative estimate of drug-likeness (QED) is 0.625. The molecule has 0 spiro atoms. The highest BCUT2D eigenvalue weighted by atomic mass is 14.7. The van der Waals surface area contributed by atoms with Gasteiger partial charge in [-0.2, -0.15) is 21.0 Å². The first-order valence-electron chi connectivity index (χ1n) is 6.76. The van der Waals surface area contributed by atoms with E-state index in [0.29, 0.717) is 0 Å². The van der Waals surface area contributed by atoms with E-state index in [1.54, 1.807) is 0 Å². The predicted molar refractivity (Wildman–Crippen MR) is 68.9 cm³/mol. The van der Waals surface area contributed by atoms with Crippen LogP contribution in [-0.2, 0) is 0 Å². The number of allylic oxidation sites excluding steroid dienone is 4. The van der Waals surface area contributed by atoms with E-state index in [-0.39, 0.29) is 0 Å². The lowest BCUT2D eigenvalue weighted by Gasteiger charge is -2.30. The summed E-state index contributed by atoms with van der Waals surface area (Å²) in [5, 5.41) is 38.3. The van der Waals surface area contributed by atoms with Crippen molar-refractivity contribution in [2.45, 2.75) is 25.7 Å². The topological polar surface area (TPSA) is 95.2 Å². The molecule has 0 aromatic rings. The Morgan fingerprint density at radius 2 is 1.20 bits per heavy atom. The molecule has 0 amide bonds. The van der Waals surface area contributed by atoms with Crippen LogP contribution in [0.1, 0.15) is 25.7 Å². The van der Waals surface area contributed by atoms with Gasteiger partial charge in [0.2, 0.25) is 0 Å². The van der Waals surface area contributed by atoms with Crippen molar-refractivity contribution in [3.05, 3.63) is 23.3 Å². The fourth-order valence-corrected chi connectivity index (χ4v) is 4.08. The minimum absolute atomic E-state index is 0.394. The van der Waals surface area contributed by atoms with Crippen LogP contribution in [-0.4, -0.2) is 0 Å². The standard InChI is InChI=1S/C16H12N4/c17-7-15(8-18)12-5-6-13(16(15,9-19)10-20)14(12)11-3-1-2-4-11/h5-6,12-13H,1-4H2. The van der Waals surface area contributed by atoms with Gasteiger partial charge in [0.05, 0.1) is 24.3 Å². The Kier molecular flexibility index (Phi) is 2.47. The molecule has 4 heteroatoms. The monoisotopic (exact) mass is 260 g/mol. The first-order chi connectivity index (χ1) is 9.70. The van der Waals surface area contributed by atoms with Crippen LogP contribution in [0.2, 0.25) is 0 Å². The summed E-state index contributed by atoms with van der Waals surface area (Å²) in [5.41, 5.74) is -0.872. The lowest BCUT2D eigenvalue weighted by molar-refractivity contribution is 0.276. The lowest BCUT2D eigenvalue weighted by Crippen LogP contribution is -2.41. The highest BCUT2D eigenvalue weighted by molar-refractivity contribution is 5.57. The maximum absolute atomic E-state index is 9.57. The molecule has 0 heterocycles. The fraction of sp³-hybridized carbons (Fsp3) is 0.500. The summed E-state index contributed by atoms with van der Waals surface area (Å²) in [6, 6.07) is 8.05. The van der Waals surface area contributed by atoms with Crippen LogP contribution in [0.25, 0.3) is 0 Å². The van der Waals surface area contributed by atoms with Crippen molar-refractivity contribution in [3.8, 4) is 24.3 Å². The first-order valence-corrected chi connectivity index (χ1v) is 6.76. The van der Waals surface area contributed by atoms with Crippen LogP contribution in [0, 0.1) is 68.0 Å². The van der Waals surface area contributed by atoms with Gasteiger partial charge in [-0.1, -0.05) is 23.3 Å². The molecule has 2 atom stereocenters. The second-order valence-corrected chi connectivity index (χ2v) is 5.67. The van der Waals surface area contributed by atoms with Crippen molar-refractivity contribution in [1.82, 2.24) is 0 Å². The van der Waals surface area contributed by atoms with Gasteiger partial charge in [0.25, 0.3) is 0 Å². The highest BCUT2D eigenvalue weighted by Crippen LogP contribution is 2.66. The van der Waals surface area contributed by atoms with Crippen LogP contribution >= 0.6 is 0 Å². The fourth-order valence-electron chi connectivity index (χ4n) is 4.08. The third-order valence-electron chi connectivity index (χ3n) is 5.04. The highest BCUT2D eigenvalue weighted by Gasteiger charge is 2.71. The van der Waals surface area contributed by atoms with Crippen LogP contribution in [0.5, 0.6) is 0 Å². The van der Waals surface area contributed by atoms with E-state index < -0.39 is 22.7 Å². The molecule has 2 unspecified atom stereocenters. The van der Waals surface area contributed by atoms with Crippen LogP contribution < -0.4 is 0 Å². The van der Waals surface area contributed by atoms with E-state index in [9.17, 15) is 21.0 Å². The molecule has 0 saturated heterocycles. The van der Waals surface area contributed by atoms with Crippen LogP contribution in [0.3, 0.4) is 0 Å². The molecule has 2 fully saturated rings. The third-order valence-corrected chi connectivity index (χ3v) is 5.04. The lowest BCUT2D eigenvalue weighted by atomic mass is 9.61. The maximum atomic E-state index is 9.57. The first kappa shape index (κ1) is 12.5. The smallest absolute Gasteiger partial charge is 0.186 e. The number of nitriles is 4. The van der Waals surface area contributed by atoms with Gasteiger partial charge >= 0.3 is 0 Å². The average Bonchev–Trinajstić information content (AvgIpc) is 3.18. The summed E-state index contributed by atoms with van der Waals surface area (Å²) in [6.45, 7) is 0. The van der Waals surface area contributed by atoms with Gasteiger partial charge in [0.15, 0.2) is 10.8 Å². The Labute approximate surface area is 117 Å². The summed E-state index contributed by atoms with van der Waals surface area (Å²) in [4.78, 5) is 0. The van der Waals surface area contributed by atoms with Crippen LogP contribution in [0.15, 0.2) is 23.3 Å². The van der Waals surface area contributed by atoms with Gasteiger partial charge in [-0.15, -0.1) is 0 Å². The van der Waals surface area contributed by atoms with Crippen molar-refractivity contribution in [2.24, 2.45) is 22.7 Å². The zero-order valence-electron chi connectivity index (χ0n) is 10.9. The Morgan fingerprint density at radius 3 is 1.55 bits per heavy atom. The van der Waals surface area contributed by atoms with Gasteiger partial charge in [-0.3, -0.25) is 0 Å². The van der Waals surface area contributed by atoms with Crippen molar-refractivity contribution in [1.29, 1.82) is 21.0 Å². The molecule has 20 heavy (non-hydrogen) atoms. The number of hydrogen-bond acceptors (Lipinski definition) is 4. The molecular weight excluding hydrogens is 248 g/mol. The summed E-state index contributed by atoms with van der Waals surface area (Å²) in [5.74, 6) is -0.787. The molecule has 0 aromatic heterocycles. The second-order valence-electron chi connectivity index (χ2n) is 5.67.